The number of nitrogens with one attached hydrogen (secondary N) is 2. The van der Waals surface area contributed by atoms with Crippen LogP contribution >= 0.6 is 0 Å². The highest BCUT2D eigenvalue weighted by molar-refractivity contribution is 5.80. The van der Waals surface area contributed by atoms with Crippen molar-refractivity contribution >= 4 is 22.4 Å². The summed E-state index contributed by atoms with van der Waals surface area (Å²) in [7, 11) is 0. The van der Waals surface area contributed by atoms with Gasteiger partial charge in [-0.15, -0.1) is 0 Å². The molecule has 0 spiro atoms. The first-order chi connectivity index (χ1) is 11.6. The van der Waals surface area contributed by atoms with Gasteiger partial charge in [-0.05, 0) is 18.2 Å². The summed E-state index contributed by atoms with van der Waals surface area (Å²) in [5, 5.41) is 6.24. The van der Waals surface area contributed by atoms with Gasteiger partial charge in [0, 0.05) is 18.5 Å². The molecule has 2 aromatic heterocycles. The summed E-state index contributed by atoms with van der Waals surface area (Å²) in [5.74, 6) is -5.93. The zero-order valence-corrected chi connectivity index (χ0v) is 12.3. The number of pyridine rings is 2. The molecule has 0 aliphatic rings. The zero-order valence-electron chi connectivity index (χ0n) is 12.3. The van der Waals surface area contributed by atoms with Crippen LogP contribution in [0.5, 0.6) is 0 Å². The molecule has 4 nitrogen and oxygen atoms in total. The SMILES string of the molecule is Fc1nc(F)c(F)c(NCCNc2ccc3ccccc3n2)c1F. The van der Waals surface area contributed by atoms with Gasteiger partial charge in [-0.25, -0.2) is 4.98 Å². The Bertz CT molecular complexity index is 859. The number of halogens is 4. The highest BCUT2D eigenvalue weighted by atomic mass is 19.2. The summed E-state index contributed by atoms with van der Waals surface area (Å²) in [6, 6.07) is 11.2. The van der Waals surface area contributed by atoms with Gasteiger partial charge in [0.1, 0.15) is 11.5 Å². The first-order valence-electron chi connectivity index (χ1n) is 7.10. The van der Waals surface area contributed by atoms with Crippen molar-refractivity contribution in [3.63, 3.8) is 0 Å². The van der Waals surface area contributed by atoms with Gasteiger partial charge in [0.2, 0.25) is 11.6 Å². The van der Waals surface area contributed by atoms with Crippen LogP contribution in [-0.4, -0.2) is 23.1 Å². The quantitative estimate of drug-likeness (QED) is 0.424. The second kappa shape index (κ2) is 6.69. The van der Waals surface area contributed by atoms with Crippen LogP contribution < -0.4 is 10.6 Å². The molecule has 0 unspecified atom stereocenters. The van der Waals surface area contributed by atoms with E-state index in [2.05, 4.69) is 20.6 Å². The Morgan fingerprint density at radius 1 is 0.750 bits per heavy atom. The Kier molecular flexibility index (Phi) is 4.45. The number of nitrogens with zero attached hydrogens (tertiary/aromatic N) is 2. The first-order valence-corrected chi connectivity index (χ1v) is 7.10. The maximum Gasteiger partial charge on any atom is 0.253 e. The van der Waals surface area contributed by atoms with Gasteiger partial charge in [-0.1, -0.05) is 18.2 Å². The third-order valence-electron chi connectivity index (χ3n) is 3.33. The minimum Gasteiger partial charge on any atom is -0.378 e. The fourth-order valence-corrected chi connectivity index (χ4v) is 2.18. The second-order valence-corrected chi connectivity index (χ2v) is 4.94. The Morgan fingerprint density at radius 2 is 1.42 bits per heavy atom. The van der Waals surface area contributed by atoms with Crippen molar-refractivity contribution in [3.8, 4) is 0 Å². The largest absolute Gasteiger partial charge is 0.378 e. The van der Waals surface area contributed by atoms with E-state index in [1.165, 1.54) is 0 Å². The lowest BCUT2D eigenvalue weighted by molar-refractivity contribution is 0.411. The van der Waals surface area contributed by atoms with Gasteiger partial charge < -0.3 is 10.6 Å². The Labute approximate surface area is 134 Å². The van der Waals surface area contributed by atoms with E-state index in [1.807, 2.05) is 30.3 Å². The number of rotatable bonds is 5. The van der Waals surface area contributed by atoms with Gasteiger partial charge in [0.15, 0.2) is 0 Å². The highest BCUT2D eigenvalue weighted by Gasteiger charge is 2.20. The third kappa shape index (κ3) is 3.22. The van der Waals surface area contributed by atoms with E-state index in [9.17, 15) is 17.6 Å². The normalized spacial score (nSPS) is 10.8. The van der Waals surface area contributed by atoms with Crippen LogP contribution in [0.4, 0.5) is 29.1 Å². The van der Waals surface area contributed by atoms with Gasteiger partial charge >= 0.3 is 0 Å². The zero-order chi connectivity index (χ0) is 17.1. The van der Waals surface area contributed by atoms with Crippen molar-refractivity contribution in [2.45, 2.75) is 0 Å². The molecule has 1 aromatic carbocycles. The summed E-state index contributed by atoms with van der Waals surface area (Å²) in [6.45, 7) is 0.251. The van der Waals surface area contributed by atoms with E-state index in [-0.39, 0.29) is 13.1 Å². The van der Waals surface area contributed by atoms with E-state index >= 15 is 0 Å². The average Bonchev–Trinajstić information content (AvgIpc) is 2.59. The second-order valence-electron chi connectivity index (χ2n) is 4.94. The third-order valence-corrected chi connectivity index (χ3v) is 3.33. The number of aromatic nitrogens is 2. The van der Waals surface area contributed by atoms with Gasteiger partial charge in [0.05, 0.1) is 5.52 Å². The monoisotopic (exact) mass is 336 g/mol. The minimum absolute atomic E-state index is 0.0191. The molecule has 0 saturated heterocycles. The molecule has 3 aromatic rings. The molecule has 8 heteroatoms. The summed E-state index contributed by atoms with van der Waals surface area (Å²) >= 11 is 0. The number of hydrogen-bond donors (Lipinski definition) is 2. The molecule has 0 saturated carbocycles. The van der Waals surface area contributed by atoms with Crippen molar-refractivity contribution in [1.29, 1.82) is 0 Å². The number of hydrogen-bond acceptors (Lipinski definition) is 4. The van der Waals surface area contributed by atoms with Crippen molar-refractivity contribution in [3.05, 3.63) is 59.9 Å². The van der Waals surface area contributed by atoms with Gasteiger partial charge in [0.25, 0.3) is 11.9 Å². The Hall–Kier alpha value is -2.90. The van der Waals surface area contributed by atoms with Gasteiger partial charge in [-0.2, -0.15) is 22.5 Å². The summed E-state index contributed by atoms with van der Waals surface area (Å²) in [5.41, 5.74) is -0.0842. The van der Waals surface area contributed by atoms with Crippen LogP contribution in [0.15, 0.2) is 36.4 Å². The molecule has 0 aliphatic carbocycles. The predicted molar refractivity (Wildman–Crippen MR) is 82.8 cm³/mol. The molecule has 124 valence electrons. The van der Waals surface area contributed by atoms with Crippen molar-refractivity contribution < 1.29 is 17.6 Å². The van der Waals surface area contributed by atoms with E-state index in [0.717, 1.165) is 10.9 Å². The van der Waals surface area contributed by atoms with E-state index in [0.29, 0.717) is 5.82 Å². The van der Waals surface area contributed by atoms with Crippen LogP contribution in [-0.2, 0) is 0 Å². The molecule has 0 aliphatic heterocycles. The number of anilines is 2. The average molecular weight is 336 g/mol. The molecule has 3 rings (SSSR count). The summed E-state index contributed by atoms with van der Waals surface area (Å²) in [6.07, 6.45) is 0. The topological polar surface area (TPSA) is 49.8 Å². The molecular weight excluding hydrogens is 324 g/mol. The fraction of sp³-hybridized carbons (Fsp3) is 0.125. The summed E-state index contributed by atoms with van der Waals surface area (Å²) in [4.78, 5) is 6.86. The standard InChI is InChI=1S/C16H12F4N4/c17-12-14(13(18)16(20)24-15(12)19)22-8-7-21-11-6-5-9-3-1-2-4-10(9)23-11/h1-6H,7-8H2,(H,21,23)(H,22,24). The van der Waals surface area contributed by atoms with Crippen molar-refractivity contribution in [2.75, 3.05) is 23.7 Å². The summed E-state index contributed by atoms with van der Waals surface area (Å²) < 4.78 is 52.8. The Morgan fingerprint density at radius 3 is 2.17 bits per heavy atom. The number of fused-ring (bicyclic) bond motifs is 1. The lowest BCUT2D eigenvalue weighted by Gasteiger charge is -2.10. The van der Waals surface area contributed by atoms with E-state index in [4.69, 9.17) is 0 Å². The predicted octanol–water partition coefficient (Wildman–Crippen LogP) is 3.71. The Balaban J connectivity index is 1.63. The number of benzene rings is 1. The molecule has 0 amide bonds. The van der Waals surface area contributed by atoms with Crippen molar-refractivity contribution in [1.82, 2.24) is 9.97 Å². The molecule has 0 bridgehead atoms. The van der Waals surface area contributed by atoms with Gasteiger partial charge in [-0.3, -0.25) is 0 Å². The first kappa shape index (κ1) is 16.0. The minimum atomic E-state index is -1.69. The maximum absolute atomic E-state index is 13.4. The molecular formula is C16H12F4N4. The van der Waals surface area contributed by atoms with Crippen molar-refractivity contribution in [2.24, 2.45) is 0 Å². The van der Waals surface area contributed by atoms with Crippen LogP contribution in [0.2, 0.25) is 0 Å². The van der Waals surface area contributed by atoms with Crippen LogP contribution in [0.25, 0.3) is 10.9 Å². The highest BCUT2D eigenvalue weighted by Crippen LogP contribution is 2.21. The molecule has 0 fully saturated rings. The lowest BCUT2D eigenvalue weighted by atomic mass is 10.2. The molecule has 24 heavy (non-hydrogen) atoms. The van der Waals surface area contributed by atoms with Crippen LogP contribution in [0.1, 0.15) is 0 Å². The lowest BCUT2D eigenvalue weighted by Crippen LogP contribution is -2.17. The van der Waals surface area contributed by atoms with E-state index in [1.54, 1.807) is 6.07 Å². The van der Waals surface area contributed by atoms with Crippen LogP contribution in [0, 0.1) is 23.5 Å². The molecule has 2 N–H and O–H groups in total. The maximum atomic E-state index is 13.4. The van der Waals surface area contributed by atoms with E-state index < -0.39 is 29.2 Å². The molecule has 2 heterocycles. The molecule has 0 atom stereocenters. The smallest absolute Gasteiger partial charge is 0.253 e. The van der Waals surface area contributed by atoms with Crippen LogP contribution in [0.3, 0.4) is 0 Å². The number of para-hydroxylation sites is 1. The molecule has 0 radical (unpaired) electrons. The fourth-order valence-electron chi connectivity index (χ4n) is 2.18.